The average Bonchev–Trinajstić information content (AvgIpc) is 2.90. The highest BCUT2D eigenvalue weighted by Gasteiger charge is 2.53. The molecule has 4 saturated carbocycles. The van der Waals surface area contributed by atoms with Crippen molar-refractivity contribution in [3.63, 3.8) is 0 Å². The monoisotopic (exact) mass is 325 g/mol. The van der Waals surface area contributed by atoms with Crippen molar-refractivity contribution in [3.05, 3.63) is 17.5 Å². The van der Waals surface area contributed by atoms with E-state index >= 15 is 0 Å². The lowest BCUT2D eigenvalue weighted by molar-refractivity contribution is -0.0666. The molecular weight excluding hydrogens is 302 g/mol. The lowest BCUT2D eigenvalue weighted by Gasteiger charge is -2.59. The van der Waals surface area contributed by atoms with Gasteiger partial charge in [-0.15, -0.1) is 11.3 Å². The maximum atomic E-state index is 12.5. The molecule has 4 aliphatic carbocycles. The minimum absolute atomic E-state index is 0.0537. The van der Waals surface area contributed by atoms with Gasteiger partial charge in [0.25, 0.3) is 0 Å². The molecule has 4 fully saturated rings. The average molecular weight is 325 g/mol. The van der Waals surface area contributed by atoms with E-state index < -0.39 is 10.0 Å². The van der Waals surface area contributed by atoms with Crippen LogP contribution in [0.15, 0.2) is 21.7 Å². The van der Waals surface area contributed by atoms with Gasteiger partial charge in [-0.25, -0.2) is 13.1 Å². The van der Waals surface area contributed by atoms with Gasteiger partial charge in [0.2, 0.25) is 10.0 Å². The molecule has 116 valence electrons. The third-order valence-electron chi connectivity index (χ3n) is 6.10. The van der Waals surface area contributed by atoms with Crippen molar-refractivity contribution in [2.75, 3.05) is 0 Å². The second kappa shape index (κ2) is 4.80. The highest BCUT2D eigenvalue weighted by atomic mass is 32.2. The fraction of sp³-hybridized carbons (Fsp3) is 0.750. The van der Waals surface area contributed by atoms with Crippen LogP contribution >= 0.6 is 11.3 Å². The standard InChI is InChI=1S/C16H23NO2S2/c1-11(17-21(18,19)15-3-2-4-20-15)16-8-12-5-13(9-16)7-14(6-12)10-16/h2-4,11-14,17H,5-10H2,1H3/t11-,12?,13?,14?,16?/m1/s1. The van der Waals surface area contributed by atoms with Gasteiger partial charge < -0.3 is 0 Å². The van der Waals surface area contributed by atoms with E-state index in [4.69, 9.17) is 0 Å². The molecule has 0 radical (unpaired) electrons. The molecule has 0 unspecified atom stereocenters. The molecule has 0 aliphatic heterocycles. The Morgan fingerprint density at radius 3 is 2.24 bits per heavy atom. The van der Waals surface area contributed by atoms with Crippen LogP contribution in [0.1, 0.15) is 45.4 Å². The smallest absolute Gasteiger partial charge is 0.207 e. The molecule has 5 heteroatoms. The summed E-state index contributed by atoms with van der Waals surface area (Å²) in [5.74, 6) is 2.56. The van der Waals surface area contributed by atoms with Gasteiger partial charge in [-0.2, -0.15) is 0 Å². The summed E-state index contributed by atoms with van der Waals surface area (Å²) in [6, 6.07) is 3.55. The van der Waals surface area contributed by atoms with Crippen molar-refractivity contribution in [2.24, 2.45) is 23.2 Å². The molecule has 4 aliphatic rings. The number of hydrogen-bond acceptors (Lipinski definition) is 3. The topological polar surface area (TPSA) is 46.2 Å². The predicted octanol–water partition coefficient (Wildman–Crippen LogP) is 3.63. The Hall–Kier alpha value is -0.390. The Bertz CT molecular complexity index is 585. The molecule has 0 amide bonds. The van der Waals surface area contributed by atoms with Gasteiger partial charge in [0, 0.05) is 6.04 Å². The van der Waals surface area contributed by atoms with E-state index in [2.05, 4.69) is 11.6 Å². The van der Waals surface area contributed by atoms with Gasteiger partial charge in [0.05, 0.1) is 0 Å². The van der Waals surface area contributed by atoms with E-state index in [9.17, 15) is 8.42 Å². The Kier molecular flexibility index (Phi) is 3.25. The van der Waals surface area contributed by atoms with Crippen LogP contribution in [0, 0.1) is 23.2 Å². The van der Waals surface area contributed by atoms with Gasteiger partial charge in [0.15, 0.2) is 0 Å². The van der Waals surface area contributed by atoms with E-state index in [1.54, 1.807) is 12.1 Å². The Morgan fingerprint density at radius 2 is 1.76 bits per heavy atom. The van der Waals surface area contributed by atoms with Crippen LogP contribution in [-0.4, -0.2) is 14.5 Å². The molecule has 3 nitrogen and oxygen atoms in total. The highest BCUT2D eigenvalue weighted by molar-refractivity contribution is 7.91. The summed E-state index contributed by atoms with van der Waals surface area (Å²) < 4.78 is 28.4. The van der Waals surface area contributed by atoms with Crippen molar-refractivity contribution in [1.29, 1.82) is 0 Å². The van der Waals surface area contributed by atoms with E-state index in [0.717, 1.165) is 17.8 Å². The van der Waals surface area contributed by atoms with E-state index in [1.807, 2.05) is 5.38 Å². The fourth-order valence-corrected chi connectivity index (χ4v) is 7.90. The lowest BCUT2D eigenvalue weighted by Crippen LogP contribution is -2.55. The molecular formula is C16H23NO2S2. The molecule has 1 aromatic rings. The van der Waals surface area contributed by atoms with Gasteiger partial charge >= 0.3 is 0 Å². The van der Waals surface area contributed by atoms with Crippen molar-refractivity contribution < 1.29 is 8.42 Å². The first kappa shape index (κ1) is 14.2. The Morgan fingerprint density at radius 1 is 1.19 bits per heavy atom. The van der Waals surface area contributed by atoms with Crippen molar-refractivity contribution in [2.45, 2.75) is 55.7 Å². The molecule has 5 rings (SSSR count). The molecule has 21 heavy (non-hydrogen) atoms. The zero-order valence-electron chi connectivity index (χ0n) is 12.4. The van der Waals surface area contributed by atoms with Crippen LogP contribution < -0.4 is 4.72 Å². The molecule has 0 aromatic carbocycles. The summed E-state index contributed by atoms with van der Waals surface area (Å²) >= 11 is 1.30. The van der Waals surface area contributed by atoms with Crippen LogP contribution in [-0.2, 0) is 10.0 Å². The van der Waals surface area contributed by atoms with Crippen molar-refractivity contribution in [1.82, 2.24) is 4.72 Å². The first-order chi connectivity index (χ1) is 9.97. The largest absolute Gasteiger partial charge is 0.250 e. The predicted molar refractivity (Wildman–Crippen MR) is 84.7 cm³/mol. The normalized spacial score (nSPS) is 39.6. The molecule has 1 atom stereocenters. The Balaban J connectivity index is 1.56. The second-order valence-electron chi connectivity index (χ2n) is 7.55. The number of nitrogens with one attached hydrogen (secondary N) is 1. The van der Waals surface area contributed by atoms with E-state index in [0.29, 0.717) is 4.21 Å². The quantitative estimate of drug-likeness (QED) is 0.919. The zero-order chi connectivity index (χ0) is 14.7. The van der Waals surface area contributed by atoms with Crippen LogP contribution in [0.2, 0.25) is 0 Å². The van der Waals surface area contributed by atoms with Crippen LogP contribution in [0.25, 0.3) is 0 Å². The van der Waals surface area contributed by atoms with Gasteiger partial charge in [-0.1, -0.05) is 6.07 Å². The van der Waals surface area contributed by atoms with E-state index in [1.165, 1.54) is 49.9 Å². The summed E-state index contributed by atoms with van der Waals surface area (Å²) in [7, 11) is -3.34. The minimum Gasteiger partial charge on any atom is -0.207 e. The third-order valence-corrected chi connectivity index (χ3v) is 9.03. The summed E-state index contributed by atoms with van der Waals surface area (Å²) in [5.41, 5.74) is 0.221. The van der Waals surface area contributed by atoms with Gasteiger partial charge in [0.1, 0.15) is 4.21 Å². The number of thiophene rings is 1. The molecule has 1 aromatic heterocycles. The molecule has 1 N–H and O–H groups in total. The Labute approximate surface area is 131 Å². The highest BCUT2D eigenvalue weighted by Crippen LogP contribution is 2.61. The number of hydrogen-bond donors (Lipinski definition) is 1. The second-order valence-corrected chi connectivity index (χ2v) is 10.4. The molecule has 1 heterocycles. The van der Waals surface area contributed by atoms with Crippen molar-refractivity contribution in [3.8, 4) is 0 Å². The van der Waals surface area contributed by atoms with Crippen LogP contribution in [0.4, 0.5) is 0 Å². The van der Waals surface area contributed by atoms with Crippen LogP contribution in [0.3, 0.4) is 0 Å². The first-order valence-electron chi connectivity index (χ1n) is 8.03. The van der Waals surface area contributed by atoms with Crippen LogP contribution in [0.5, 0.6) is 0 Å². The summed E-state index contributed by atoms with van der Waals surface area (Å²) in [6.07, 6.45) is 7.87. The maximum absolute atomic E-state index is 12.5. The molecule has 4 bridgehead atoms. The molecule has 0 spiro atoms. The zero-order valence-corrected chi connectivity index (χ0v) is 14.1. The minimum atomic E-state index is -3.34. The lowest BCUT2D eigenvalue weighted by atomic mass is 9.48. The first-order valence-corrected chi connectivity index (χ1v) is 10.4. The third kappa shape index (κ3) is 2.37. The summed E-state index contributed by atoms with van der Waals surface area (Å²) in [5, 5.41) is 1.82. The number of sulfonamides is 1. The van der Waals surface area contributed by atoms with Gasteiger partial charge in [-0.05, 0) is 80.1 Å². The van der Waals surface area contributed by atoms with Gasteiger partial charge in [-0.3, -0.25) is 0 Å². The maximum Gasteiger partial charge on any atom is 0.250 e. The summed E-state index contributed by atoms with van der Waals surface area (Å²) in [6.45, 7) is 2.10. The van der Waals surface area contributed by atoms with E-state index in [-0.39, 0.29) is 11.5 Å². The van der Waals surface area contributed by atoms with Crippen molar-refractivity contribution >= 4 is 21.4 Å². The molecule has 0 saturated heterocycles. The number of rotatable bonds is 4. The fourth-order valence-electron chi connectivity index (χ4n) is 5.54. The summed E-state index contributed by atoms with van der Waals surface area (Å²) in [4.78, 5) is 0. The SMILES string of the molecule is C[C@@H](NS(=O)(=O)c1cccs1)C12CC3CC(CC(C3)C1)C2.